The Bertz CT molecular complexity index is 783. The molecule has 1 N–H and O–H groups in total. The molecule has 1 saturated heterocycles. The second-order valence-electron chi connectivity index (χ2n) is 7.03. The van der Waals surface area contributed by atoms with E-state index in [2.05, 4.69) is 10.4 Å². The van der Waals surface area contributed by atoms with Crippen LogP contribution in [0.15, 0.2) is 30.5 Å². The highest BCUT2D eigenvalue weighted by Crippen LogP contribution is 2.42. The summed E-state index contributed by atoms with van der Waals surface area (Å²) >= 11 is 0. The highest BCUT2D eigenvalue weighted by atomic mass is 19.1. The van der Waals surface area contributed by atoms with E-state index in [1.807, 2.05) is 22.7 Å². The first-order valence-corrected chi connectivity index (χ1v) is 8.98. The summed E-state index contributed by atoms with van der Waals surface area (Å²) in [5, 5.41) is 7.20. The van der Waals surface area contributed by atoms with Gasteiger partial charge in [0.1, 0.15) is 5.82 Å². The number of amides is 2. The van der Waals surface area contributed by atoms with Crippen LogP contribution in [0.1, 0.15) is 55.3 Å². The van der Waals surface area contributed by atoms with Gasteiger partial charge in [0.15, 0.2) is 0 Å². The number of nitrogens with one attached hydrogen (secondary N) is 1. The van der Waals surface area contributed by atoms with Crippen molar-refractivity contribution in [3.63, 3.8) is 0 Å². The van der Waals surface area contributed by atoms with Gasteiger partial charge in [-0.1, -0.05) is 0 Å². The Labute approximate surface area is 146 Å². The van der Waals surface area contributed by atoms with E-state index in [4.69, 9.17) is 0 Å². The molecule has 2 fully saturated rings. The van der Waals surface area contributed by atoms with E-state index >= 15 is 0 Å². The van der Waals surface area contributed by atoms with Gasteiger partial charge in [0.25, 0.3) is 0 Å². The van der Waals surface area contributed by atoms with Gasteiger partial charge in [0.2, 0.25) is 0 Å². The van der Waals surface area contributed by atoms with E-state index in [-0.39, 0.29) is 17.9 Å². The third kappa shape index (κ3) is 3.25. The number of halogens is 1. The largest absolute Gasteiger partial charge is 0.322 e. The molecule has 6 heteroatoms. The zero-order valence-electron chi connectivity index (χ0n) is 14.4. The lowest BCUT2D eigenvalue weighted by Crippen LogP contribution is -2.41. The molecule has 1 aliphatic carbocycles. The molecule has 25 heavy (non-hydrogen) atoms. The van der Waals surface area contributed by atoms with Crippen LogP contribution in [0.3, 0.4) is 0 Å². The molecule has 1 aromatic heterocycles. The van der Waals surface area contributed by atoms with Crippen molar-refractivity contribution in [1.29, 1.82) is 0 Å². The smallest absolute Gasteiger partial charge is 0.316 e. The summed E-state index contributed by atoms with van der Waals surface area (Å²) in [4.78, 5) is 14.7. The van der Waals surface area contributed by atoms with Crippen molar-refractivity contribution in [3.05, 3.63) is 47.5 Å². The van der Waals surface area contributed by atoms with E-state index < -0.39 is 0 Å². The number of aromatic nitrogens is 2. The van der Waals surface area contributed by atoms with E-state index in [9.17, 15) is 9.18 Å². The lowest BCUT2D eigenvalue weighted by molar-refractivity contribution is 0.159. The highest BCUT2D eigenvalue weighted by Gasteiger charge is 2.30. The van der Waals surface area contributed by atoms with Crippen LogP contribution < -0.4 is 5.32 Å². The summed E-state index contributed by atoms with van der Waals surface area (Å²) < 4.78 is 15.7. The van der Waals surface area contributed by atoms with Crippen molar-refractivity contribution in [2.45, 2.75) is 44.1 Å². The molecular weight excluding hydrogens is 319 g/mol. The maximum absolute atomic E-state index is 13.9. The number of urea groups is 1. The van der Waals surface area contributed by atoms with Crippen LogP contribution in [-0.2, 0) is 7.05 Å². The Morgan fingerprint density at radius 2 is 2.08 bits per heavy atom. The van der Waals surface area contributed by atoms with Crippen LogP contribution in [0.4, 0.5) is 14.9 Å². The van der Waals surface area contributed by atoms with Crippen molar-refractivity contribution in [2.75, 3.05) is 11.9 Å². The number of piperidine rings is 1. The molecule has 1 saturated carbocycles. The number of anilines is 1. The van der Waals surface area contributed by atoms with Gasteiger partial charge in [-0.2, -0.15) is 5.10 Å². The van der Waals surface area contributed by atoms with E-state index in [0.29, 0.717) is 11.6 Å². The van der Waals surface area contributed by atoms with Crippen molar-refractivity contribution in [2.24, 2.45) is 7.05 Å². The lowest BCUT2D eigenvalue weighted by atomic mass is 9.99. The lowest BCUT2D eigenvalue weighted by Gasteiger charge is -2.35. The summed E-state index contributed by atoms with van der Waals surface area (Å²) in [5.41, 5.74) is 2.44. The number of rotatable bonds is 3. The highest BCUT2D eigenvalue weighted by molar-refractivity contribution is 5.89. The monoisotopic (exact) mass is 342 g/mol. The molecule has 132 valence electrons. The SMILES string of the molecule is Cn1nccc1C1CCCCN1C(=O)Nc1ccc(F)c(C2CC2)c1. The first kappa shape index (κ1) is 16.1. The van der Waals surface area contributed by atoms with Crippen LogP contribution in [0.25, 0.3) is 0 Å². The third-order valence-corrected chi connectivity index (χ3v) is 5.23. The van der Waals surface area contributed by atoms with Gasteiger partial charge < -0.3 is 10.2 Å². The molecule has 1 atom stereocenters. The van der Waals surface area contributed by atoms with E-state index in [0.717, 1.165) is 49.9 Å². The van der Waals surface area contributed by atoms with Gasteiger partial charge in [0.05, 0.1) is 11.7 Å². The molecule has 2 aliphatic rings. The Morgan fingerprint density at radius 1 is 1.24 bits per heavy atom. The van der Waals surface area contributed by atoms with Gasteiger partial charge in [-0.05, 0) is 67.9 Å². The van der Waals surface area contributed by atoms with Gasteiger partial charge in [-0.25, -0.2) is 9.18 Å². The molecule has 1 aliphatic heterocycles. The molecule has 5 nitrogen and oxygen atoms in total. The first-order chi connectivity index (χ1) is 12.1. The summed E-state index contributed by atoms with van der Waals surface area (Å²) in [7, 11) is 1.90. The number of carbonyl (C=O) groups excluding carboxylic acids is 1. The van der Waals surface area contributed by atoms with E-state index in [1.54, 1.807) is 18.3 Å². The molecule has 2 aromatic rings. The minimum Gasteiger partial charge on any atom is -0.316 e. The average molecular weight is 342 g/mol. The maximum atomic E-state index is 13.9. The number of aryl methyl sites for hydroxylation is 1. The normalized spacial score (nSPS) is 20.6. The number of carbonyl (C=O) groups is 1. The van der Waals surface area contributed by atoms with Gasteiger partial charge in [-0.15, -0.1) is 0 Å². The molecule has 0 bridgehead atoms. The topological polar surface area (TPSA) is 50.2 Å². The Balaban J connectivity index is 1.53. The first-order valence-electron chi connectivity index (χ1n) is 8.98. The molecule has 2 heterocycles. The molecule has 1 unspecified atom stereocenters. The fraction of sp³-hybridized carbons (Fsp3) is 0.474. The average Bonchev–Trinajstić information content (AvgIpc) is 3.37. The van der Waals surface area contributed by atoms with Crippen LogP contribution in [0.2, 0.25) is 0 Å². The van der Waals surface area contributed by atoms with Crippen molar-refractivity contribution < 1.29 is 9.18 Å². The Morgan fingerprint density at radius 3 is 2.80 bits per heavy atom. The quantitative estimate of drug-likeness (QED) is 0.909. The second-order valence-corrected chi connectivity index (χ2v) is 7.03. The molecular formula is C19H23FN4O. The summed E-state index contributed by atoms with van der Waals surface area (Å²) in [6.45, 7) is 0.721. The zero-order valence-corrected chi connectivity index (χ0v) is 14.4. The number of benzene rings is 1. The Hall–Kier alpha value is -2.37. The summed E-state index contributed by atoms with van der Waals surface area (Å²) in [5.74, 6) is 0.139. The standard InChI is InChI=1S/C19H23FN4O/c1-23-17(9-10-21-23)18-4-2-3-11-24(18)19(25)22-14-7-8-16(20)15(12-14)13-5-6-13/h7-10,12-13,18H,2-6,11H2,1H3,(H,22,25). The Kier molecular flexibility index (Phi) is 4.19. The molecule has 0 radical (unpaired) electrons. The predicted octanol–water partition coefficient (Wildman–Crippen LogP) is 4.20. The fourth-order valence-corrected chi connectivity index (χ4v) is 3.72. The fourth-order valence-electron chi connectivity index (χ4n) is 3.72. The number of likely N-dealkylation sites (tertiary alicyclic amines) is 1. The van der Waals surface area contributed by atoms with Crippen molar-refractivity contribution >= 4 is 11.7 Å². The molecule has 4 rings (SSSR count). The summed E-state index contributed by atoms with van der Waals surface area (Å²) in [6.07, 6.45) is 6.86. The molecule has 0 spiro atoms. The third-order valence-electron chi connectivity index (χ3n) is 5.23. The number of nitrogens with zero attached hydrogens (tertiary/aromatic N) is 3. The number of hydrogen-bond donors (Lipinski definition) is 1. The maximum Gasteiger partial charge on any atom is 0.322 e. The number of hydrogen-bond acceptors (Lipinski definition) is 2. The van der Waals surface area contributed by atoms with Crippen LogP contribution in [-0.4, -0.2) is 27.3 Å². The van der Waals surface area contributed by atoms with E-state index in [1.165, 1.54) is 6.07 Å². The van der Waals surface area contributed by atoms with Gasteiger partial charge in [-0.3, -0.25) is 4.68 Å². The van der Waals surface area contributed by atoms with Gasteiger partial charge in [0, 0.05) is 25.5 Å². The van der Waals surface area contributed by atoms with Crippen molar-refractivity contribution in [3.8, 4) is 0 Å². The van der Waals surface area contributed by atoms with Crippen LogP contribution in [0.5, 0.6) is 0 Å². The predicted molar refractivity (Wildman–Crippen MR) is 93.9 cm³/mol. The van der Waals surface area contributed by atoms with Crippen LogP contribution >= 0.6 is 0 Å². The zero-order chi connectivity index (χ0) is 17.4. The molecule has 1 aromatic carbocycles. The van der Waals surface area contributed by atoms with Crippen molar-refractivity contribution in [1.82, 2.24) is 14.7 Å². The minimum atomic E-state index is -0.175. The van der Waals surface area contributed by atoms with Gasteiger partial charge >= 0.3 is 6.03 Å². The second kappa shape index (κ2) is 6.50. The van der Waals surface area contributed by atoms with Crippen LogP contribution in [0, 0.1) is 5.82 Å². The molecule has 2 amide bonds. The minimum absolute atomic E-state index is 0.0320. The summed E-state index contributed by atoms with van der Waals surface area (Å²) in [6, 6.07) is 6.76.